The highest BCUT2D eigenvalue weighted by Crippen LogP contribution is 2.34. The molecule has 0 aliphatic carbocycles. The first-order valence-corrected chi connectivity index (χ1v) is 11.0. The van der Waals surface area contributed by atoms with Gasteiger partial charge >= 0.3 is 6.18 Å². The number of nitrogens with one attached hydrogen (secondary N) is 1. The van der Waals surface area contributed by atoms with Crippen LogP contribution in [0.2, 0.25) is 0 Å². The van der Waals surface area contributed by atoms with Crippen LogP contribution in [0.4, 0.5) is 17.6 Å². The number of carbonyl (C=O) groups is 1. The second-order valence-corrected chi connectivity index (χ2v) is 8.34. The highest BCUT2D eigenvalue weighted by atomic mass is 32.1. The van der Waals surface area contributed by atoms with Crippen molar-refractivity contribution in [2.45, 2.75) is 26.2 Å². The van der Waals surface area contributed by atoms with Crippen LogP contribution in [0, 0.1) is 24.1 Å². The van der Waals surface area contributed by atoms with Gasteiger partial charge in [-0.2, -0.15) is 23.5 Å². The Hall–Kier alpha value is -4.11. The standard InChI is InChI=1S/C23H16F4N6OS/c1-13-21(35-12-31-13)22(34)30-10-20-18(24)6-14(9-29-20)11-33-5-4-19(32-33)15-2-3-16(8-28)17(7-15)23(25,26)27/h2-7,9,12H,10-11H2,1H3,(H,30,34). The first kappa shape index (κ1) is 24.0. The summed E-state index contributed by atoms with van der Waals surface area (Å²) in [7, 11) is 0. The van der Waals surface area contributed by atoms with E-state index < -0.39 is 23.1 Å². The van der Waals surface area contributed by atoms with Gasteiger partial charge in [-0.15, -0.1) is 11.3 Å². The molecular formula is C23H16F4N6OS. The molecule has 0 radical (unpaired) electrons. The molecule has 1 amide bonds. The van der Waals surface area contributed by atoms with Crippen molar-refractivity contribution in [2.24, 2.45) is 0 Å². The number of benzene rings is 1. The molecule has 3 aromatic heterocycles. The Labute approximate surface area is 200 Å². The van der Waals surface area contributed by atoms with Gasteiger partial charge in [0.05, 0.1) is 52.9 Å². The van der Waals surface area contributed by atoms with Crippen molar-refractivity contribution in [3.05, 3.63) is 87.0 Å². The quantitative estimate of drug-likeness (QED) is 0.387. The minimum Gasteiger partial charge on any atom is -0.346 e. The van der Waals surface area contributed by atoms with Crippen molar-refractivity contribution in [3.8, 4) is 17.3 Å². The van der Waals surface area contributed by atoms with Crippen LogP contribution in [-0.4, -0.2) is 25.7 Å². The lowest BCUT2D eigenvalue weighted by Gasteiger charge is -2.10. The molecule has 0 saturated heterocycles. The molecule has 12 heteroatoms. The zero-order valence-corrected chi connectivity index (χ0v) is 18.9. The van der Waals surface area contributed by atoms with Crippen LogP contribution in [-0.2, 0) is 19.3 Å². The number of aromatic nitrogens is 4. The zero-order chi connectivity index (χ0) is 25.2. The number of halogens is 4. The fourth-order valence-electron chi connectivity index (χ4n) is 3.31. The van der Waals surface area contributed by atoms with E-state index in [1.165, 1.54) is 46.5 Å². The van der Waals surface area contributed by atoms with Gasteiger partial charge in [-0.05, 0) is 36.8 Å². The lowest BCUT2D eigenvalue weighted by Crippen LogP contribution is -2.24. The lowest BCUT2D eigenvalue weighted by atomic mass is 10.0. The predicted molar refractivity (Wildman–Crippen MR) is 119 cm³/mol. The Bertz CT molecular complexity index is 1440. The van der Waals surface area contributed by atoms with Crippen molar-refractivity contribution >= 4 is 17.2 Å². The Morgan fingerprint density at radius 3 is 2.69 bits per heavy atom. The number of hydrogen-bond acceptors (Lipinski definition) is 6. The summed E-state index contributed by atoms with van der Waals surface area (Å²) < 4.78 is 55.7. The highest BCUT2D eigenvalue weighted by Gasteiger charge is 2.34. The van der Waals surface area contributed by atoms with Crippen LogP contribution >= 0.6 is 11.3 Å². The molecule has 0 fully saturated rings. The SMILES string of the molecule is Cc1ncsc1C(=O)NCc1ncc(Cn2ccc(-c3ccc(C#N)c(C(F)(F)F)c3)n2)cc1F. The van der Waals surface area contributed by atoms with Crippen LogP contribution in [0.1, 0.15) is 37.7 Å². The van der Waals surface area contributed by atoms with Gasteiger partial charge in [-0.3, -0.25) is 14.5 Å². The summed E-state index contributed by atoms with van der Waals surface area (Å²) in [4.78, 5) is 20.7. The molecule has 3 heterocycles. The van der Waals surface area contributed by atoms with E-state index in [0.29, 0.717) is 16.1 Å². The molecule has 0 saturated carbocycles. The lowest BCUT2D eigenvalue weighted by molar-refractivity contribution is -0.137. The molecule has 0 spiro atoms. The second-order valence-electron chi connectivity index (χ2n) is 7.49. The molecule has 0 bridgehead atoms. The molecule has 1 N–H and O–H groups in total. The van der Waals surface area contributed by atoms with Gasteiger partial charge in [0.25, 0.3) is 5.91 Å². The van der Waals surface area contributed by atoms with Gasteiger partial charge in [-0.25, -0.2) is 9.37 Å². The summed E-state index contributed by atoms with van der Waals surface area (Å²) in [6, 6.07) is 7.69. The Morgan fingerprint density at radius 1 is 1.23 bits per heavy atom. The van der Waals surface area contributed by atoms with Gasteiger partial charge < -0.3 is 5.32 Å². The minimum atomic E-state index is -4.67. The number of rotatable bonds is 6. The summed E-state index contributed by atoms with van der Waals surface area (Å²) in [5.74, 6) is -0.978. The fourth-order valence-corrected chi connectivity index (χ4v) is 4.03. The average molecular weight is 500 g/mol. The molecule has 0 aliphatic rings. The largest absolute Gasteiger partial charge is 0.417 e. The number of nitrogens with zero attached hydrogens (tertiary/aromatic N) is 5. The van der Waals surface area contributed by atoms with E-state index in [0.717, 1.165) is 12.1 Å². The van der Waals surface area contributed by atoms with Gasteiger partial charge in [0, 0.05) is 18.0 Å². The third-order valence-electron chi connectivity index (χ3n) is 5.07. The zero-order valence-electron chi connectivity index (χ0n) is 18.1. The van der Waals surface area contributed by atoms with E-state index in [4.69, 9.17) is 5.26 Å². The number of pyridine rings is 1. The molecule has 178 valence electrons. The summed E-state index contributed by atoms with van der Waals surface area (Å²) in [5.41, 5.74) is 1.63. The maximum Gasteiger partial charge on any atom is 0.417 e. The summed E-state index contributed by atoms with van der Waals surface area (Å²) in [5, 5.41) is 15.8. The van der Waals surface area contributed by atoms with Gasteiger partial charge in [0.2, 0.25) is 0 Å². The maximum atomic E-state index is 14.5. The van der Waals surface area contributed by atoms with E-state index in [2.05, 4.69) is 20.4 Å². The molecule has 4 aromatic rings. The molecule has 0 aliphatic heterocycles. The monoisotopic (exact) mass is 500 g/mol. The highest BCUT2D eigenvalue weighted by molar-refractivity contribution is 7.11. The van der Waals surface area contributed by atoms with Gasteiger partial charge in [0.15, 0.2) is 0 Å². The number of aryl methyl sites for hydroxylation is 1. The molecule has 0 unspecified atom stereocenters. The van der Waals surface area contributed by atoms with Crippen LogP contribution in [0.3, 0.4) is 0 Å². The Balaban J connectivity index is 1.45. The van der Waals surface area contributed by atoms with Crippen molar-refractivity contribution in [2.75, 3.05) is 0 Å². The van der Waals surface area contributed by atoms with Crippen molar-refractivity contribution in [1.29, 1.82) is 5.26 Å². The Morgan fingerprint density at radius 2 is 2.03 bits per heavy atom. The van der Waals surface area contributed by atoms with Crippen molar-refractivity contribution in [1.82, 2.24) is 25.1 Å². The van der Waals surface area contributed by atoms with Crippen LogP contribution in [0.25, 0.3) is 11.3 Å². The van der Waals surface area contributed by atoms with Crippen LogP contribution in [0.15, 0.2) is 48.2 Å². The minimum absolute atomic E-state index is 0.0580. The number of nitriles is 1. The molecule has 4 rings (SSSR count). The van der Waals surface area contributed by atoms with E-state index in [9.17, 15) is 22.4 Å². The third kappa shape index (κ3) is 5.36. The number of amides is 1. The molecule has 1 aromatic carbocycles. The third-order valence-corrected chi connectivity index (χ3v) is 6.00. The van der Waals surface area contributed by atoms with Crippen LogP contribution in [0.5, 0.6) is 0 Å². The summed E-state index contributed by atoms with van der Waals surface area (Å²) in [6.07, 6.45) is -1.69. The molecule has 7 nitrogen and oxygen atoms in total. The van der Waals surface area contributed by atoms with Gasteiger partial charge in [0.1, 0.15) is 10.7 Å². The molecule has 0 atom stereocenters. The van der Waals surface area contributed by atoms with E-state index in [-0.39, 0.29) is 35.9 Å². The fraction of sp³-hybridized carbons (Fsp3) is 0.174. The average Bonchev–Trinajstić information content (AvgIpc) is 3.46. The Kier molecular flexibility index (Phi) is 6.61. The molecule has 35 heavy (non-hydrogen) atoms. The van der Waals surface area contributed by atoms with Crippen LogP contribution < -0.4 is 5.32 Å². The molecular weight excluding hydrogens is 484 g/mol. The number of alkyl halides is 3. The normalized spacial score (nSPS) is 11.3. The summed E-state index contributed by atoms with van der Waals surface area (Å²) >= 11 is 1.19. The van der Waals surface area contributed by atoms with E-state index >= 15 is 0 Å². The van der Waals surface area contributed by atoms with Gasteiger partial charge in [-0.1, -0.05) is 6.07 Å². The topological polar surface area (TPSA) is 96.5 Å². The second kappa shape index (κ2) is 9.63. The van der Waals surface area contributed by atoms with Crippen molar-refractivity contribution in [3.63, 3.8) is 0 Å². The maximum absolute atomic E-state index is 14.5. The summed E-state index contributed by atoms with van der Waals surface area (Å²) in [6.45, 7) is 1.73. The smallest absolute Gasteiger partial charge is 0.346 e. The first-order chi connectivity index (χ1) is 16.7. The predicted octanol–water partition coefficient (Wildman–Crippen LogP) is 4.72. The van der Waals surface area contributed by atoms with Crippen molar-refractivity contribution < 1.29 is 22.4 Å². The number of hydrogen-bond donors (Lipinski definition) is 1. The van der Waals surface area contributed by atoms with E-state index in [1.54, 1.807) is 18.6 Å². The number of carbonyl (C=O) groups excluding carboxylic acids is 1. The van der Waals surface area contributed by atoms with E-state index in [1.807, 2.05) is 0 Å². The first-order valence-electron chi connectivity index (χ1n) is 10.1. The number of thiazole rings is 1.